The molecule has 1 N–H and O–H groups in total. The van der Waals surface area contributed by atoms with E-state index >= 15 is 0 Å². The molecule has 0 aliphatic carbocycles. The van der Waals surface area contributed by atoms with Crippen molar-refractivity contribution in [3.63, 3.8) is 0 Å². The number of likely N-dealkylation sites (N-methyl/N-ethyl adjacent to an activating group) is 1. The highest BCUT2D eigenvalue weighted by molar-refractivity contribution is 5.98. The summed E-state index contributed by atoms with van der Waals surface area (Å²) in [5.74, 6) is -1.92. The Balaban J connectivity index is 1.89. The van der Waals surface area contributed by atoms with Gasteiger partial charge in [0.2, 0.25) is 11.7 Å². The zero-order valence-corrected chi connectivity index (χ0v) is 15.9. The number of aromatic nitrogens is 3. The molecule has 1 aliphatic heterocycles. The van der Waals surface area contributed by atoms with Gasteiger partial charge in [0.05, 0.1) is 12.2 Å². The average Bonchev–Trinajstić information content (AvgIpc) is 3.08. The summed E-state index contributed by atoms with van der Waals surface area (Å²) in [6, 6.07) is 1.80. The zero-order chi connectivity index (χ0) is 22.2. The number of carboxylic acid groups (broad SMARTS) is 1. The van der Waals surface area contributed by atoms with E-state index in [1.165, 1.54) is 18.0 Å². The minimum absolute atomic E-state index is 0.200. The summed E-state index contributed by atoms with van der Waals surface area (Å²) in [4.78, 5) is 36.8. The Hall–Kier alpha value is -3.31. The molecule has 0 saturated carbocycles. The molecule has 0 aromatic carbocycles. The van der Waals surface area contributed by atoms with Gasteiger partial charge in [-0.3, -0.25) is 14.7 Å². The number of carbonyl (C=O) groups is 2. The van der Waals surface area contributed by atoms with E-state index in [0.717, 1.165) is 17.3 Å². The number of hydrogen-bond donors (Lipinski definition) is 1. The van der Waals surface area contributed by atoms with Crippen LogP contribution in [0.5, 0.6) is 0 Å². The van der Waals surface area contributed by atoms with E-state index in [0.29, 0.717) is 11.4 Å². The van der Waals surface area contributed by atoms with Crippen LogP contribution in [0.1, 0.15) is 17.9 Å². The zero-order valence-electron chi connectivity index (χ0n) is 15.9. The van der Waals surface area contributed by atoms with Gasteiger partial charge in [0.15, 0.2) is 0 Å². The number of pyridine rings is 1. The number of halogens is 4. The van der Waals surface area contributed by atoms with Crippen LogP contribution < -0.4 is 4.90 Å². The quantitative estimate of drug-likeness (QED) is 0.757. The molecule has 3 rings (SSSR count). The first-order chi connectivity index (χ1) is 14.0. The number of amides is 2. The predicted molar refractivity (Wildman–Crippen MR) is 96.4 cm³/mol. The number of likely N-dealkylation sites (tertiary alicyclic amines) is 1. The molecule has 2 aromatic rings. The molecule has 160 valence electrons. The molecule has 30 heavy (non-hydrogen) atoms. The van der Waals surface area contributed by atoms with Crippen molar-refractivity contribution < 1.29 is 32.3 Å². The van der Waals surface area contributed by atoms with Crippen molar-refractivity contribution in [3.05, 3.63) is 36.0 Å². The second kappa shape index (κ2) is 7.84. The van der Waals surface area contributed by atoms with E-state index in [9.17, 15) is 32.3 Å². The molecule has 2 amide bonds. The van der Waals surface area contributed by atoms with Crippen LogP contribution >= 0.6 is 0 Å². The van der Waals surface area contributed by atoms with Crippen molar-refractivity contribution in [1.29, 1.82) is 0 Å². The molecule has 0 bridgehead atoms. The van der Waals surface area contributed by atoms with Gasteiger partial charge in [0.25, 0.3) is 0 Å². The topological polar surface area (TPSA) is 99.5 Å². The summed E-state index contributed by atoms with van der Waals surface area (Å²) in [6.07, 6.45) is -5.82. The normalized spacial score (nSPS) is 19.1. The lowest BCUT2D eigenvalue weighted by atomic mass is 10.1. The highest BCUT2D eigenvalue weighted by Crippen LogP contribution is 2.29. The fourth-order valence-electron chi connectivity index (χ4n) is 3.18. The summed E-state index contributed by atoms with van der Waals surface area (Å²) in [5, 5.41) is 9.20. The Morgan fingerprint density at radius 3 is 2.43 bits per heavy atom. The molecule has 0 unspecified atom stereocenters. The summed E-state index contributed by atoms with van der Waals surface area (Å²) in [6.45, 7) is 1.23. The van der Waals surface area contributed by atoms with Gasteiger partial charge >= 0.3 is 12.3 Å². The van der Waals surface area contributed by atoms with E-state index in [1.807, 2.05) is 0 Å². The lowest BCUT2D eigenvalue weighted by Crippen LogP contribution is -2.46. The van der Waals surface area contributed by atoms with Crippen LogP contribution in [-0.2, 0) is 11.0 Å². The van der Waals surface area contributed by atoms with Crippen LogP contribution in [-0.4, -0.2) is 62.8 Å². The third kappa shape index (κ3) is 4.31. The van der Waals surface area contributed by atoms with Crippen LogP contribution in [0.25, 0.3) is 11.3 Å². The van der Waals surface area contributed by atoms with E-state index in [1.54, 1.807) is 13.0 Å². The van der Waals surface area contributed by atoms with Gasteiger partial charge in [0.1, 0.15) is 12.2 Å². The number of nitrogens with zero attached hydrogens (tertiary/aromatic N) is 5. The Kier molecular flexibility index (Phi) is 5.59. The minimum Gasteiger partial charge on any atom is -0.465 e. The van der Waals surface area contributed by atoms with Gasteiger partial charge in [0, 0.05) is 42.8 Å². The molecule has 1 saturated heterocycles. The van der Waals surface area contributed by atoms with Gasteiger partial charge in [-0.25, -0.2) is 19.2 Å². The summed E-state index contributed by atoms with van der Waals surface area (Å²) in [5.41, 5.74) is 1.19. The molecule has 1 aliphatic rings. The third-order valence-electron chi connectivity index (χ3n) is 4.64. The number of anilines is 1. The third-order valence-corrected chi connectivity index (χ3v) is 4.64. The Morgan fingerprint density at radius 1 is 1.23 bits per heavy atom. The van der Waals surface area contributed by atoms with Crippen LogP contribution in [0.4, 0.5) is 28.0 Å². The second-order valence-corrected chi connectivity index (χ2v) is 6.83. The Labute approximate surface area is 168 Å². The van der Waals surface area contributed by atoms with E-state index in [-0.39, 0.29) is 24.2 Å². The van der Waals surface area contributed by atoms with Crippen molar-refractivity contribution in [3.8, 4) is 11.3 Å². The molecule has 1 fully saturated rings. The number of carbonyl (C=O) groups excluding carboxylic acids is 1. The fourth-order valence-corrected chi connectivity index (χ4v) is 3.18. The van der Waals surface area contributed by atoms with Gasteiger partial charge < -0.3 is 10.0 Å². The first-order valence-corrected chi connectivity index (χ1v) is 8.77. The summed E-state index contributed by atoms with van der Waals surface area (Å²) in [7, 11) is 1.40. The molecule has 0 spiro atoms. The second-order valence-electron chi connectivity index (χ2n) is 6.83. The number of hydrogen-bond acceptors (Lipinski definition) is 5. The SMILES string of the molecule is Cc1cc(N(C)C(=O)[C@@H]2C[C@@H](F)CN2C(=O)O)cc(-c2cnc(C(F)(F)F)nc2)n1. The van der Waals surface area contributed by atoms with Gasteiger partial charge in [-0.2, -0.15) is 13.2 Å². The maximum atomic E-state index is 13.7. The Morgan fingerprint density at radius 2 is 1.87 bits per heavy atom. The number of alkyl halides is 4. The standard InChI is InChI=1S/C18H17F4N5O3/c1-9-3-12(26(2)15(28)14-4-11(19)8-27(14)17(29)30)5-13(25-9)10-6-23-16(24-7-10)18(20,21)22/h3,5-7,11,14H,4,8H2,1-2H3,(H,29,30)/t11-,14+/m1/s1. The maximum Gasteiger partial charge on any atom is 0.451 e. The van der Waals surface area contributed by atoms with Crippen molar-refractivity contribution in [1.82, 2.24) is 19.9 Å². The smallest absolute Gasteiger partial charge is 0.451 e. The van der Waals surface area contributed by atoms with Crippen molar-refractivity contribution in [2.24, 2.45) is 0 Å². The van der Waals surface area contributed by atoms with Crippen LogP contribution in [0, 0.1) is 6.92 Å². The molecule has 12 heteroatoms. The highest BCUT2D eigenvalue weighted by atomic mass is 19.4. The molecule has 2 atom stereocenters. The van der Waals surface area contributed by atoms with Crippen molar-refractivity contribution >= 4 is 17.7 Å². The van der Waals surface area contributed by atoms with E-state index < -0.39 is 36.2 Å². The number of aryl methyl sites for hydroxylation is 1. The first kappa shape index (κ1) is 21.4. The molecular formula is C18H17F4N5O3. The molecule has 3 heterocycles. The van der Waals surface area contributed by atoms with E-state index in [4.69, 9.17) is 0 Å². The maximum absolute atomic E-state index is 13.7. The van der Waals surface area contributed by atoms with Crippen molar-refractivity contribution in [2.45, 2.75) is 31.7 Å². The Bertz CT molecular complexity index is 967. The summed E-state index contributed by atoms with van der Waals surface area (Å²) >= 11 is 0. The lowest BCUT2D eigenvalue weighted by molar-refractivity contribution is -0.145. The van der Waals surface area contributed by atoms with Crippen LogP contribution in [0.2, 0.25) is 0 Å². The van der Waals surface area contributed by atoms with Gasteiger partial charge in [-0.15, -0.1) is 0 Å². The van der Waals surface area contributed by atoms with Crippen LogP contribution in [0.15, 0.2) is 24.5 Å². The fraction of sp³-hybridized carbons (Fsp3) is 0.389. The van der Waals surface area contributed by atoms with Crippen molar-refractivity contribution in [2.75, 3.05) is 18.5 Å². The molecular weight excluding hydrogens is 410 g/mol. The number of rotatable bonds is 3. The van der Waals surface area contributed by atoms with Crippen LogP contribution in [0.3, 0.4) is 0 Å². The molecule has 2 aromatic heterocycles. The average molecular weight is 427 g/mol. The molecule has 0 radical (unpaired) electrons. The largest absolute Gasteiger partial charge is 0.465 e. The lowest BCUT2D eigenvalue weighted by Gasteiger charge is -2.26. The minimum atomic E-state index is -4.68. The highest BCUT2D eigenvalue weighted by Gasteiger charge is 2.41. The summed E-state index contributed by atoms with van der Waals surface area (Å²) < 4.78 is 51.7. The van der Waals surface area contributed by atoms with Gasteiger partial charge in [-0.05, 0) is 19.1 Å². The molecule has 8 nitrogen and oxygen atoms in total. The first-order valence-electron chi connectivity index (χ1n) is 8.77. The predicted octanol–water partition coefficient (Wildman–Crippen LogP) is 2.92. The van der Waals surface area contributed by atoms with E-state index in [2.05, 4.69) is 15.0 Å². The van der Waals surface area contributed by atoms with Gasteiger partial charge in [-0.1, -0.05) is 0 Å². The monoisotopic (exact) mass is 427 g/mol.